The van der Waals surface area contributed by atoms with Crippen LogP contribution in [0.3, 0.4) is 0 Å². The maximum atomic E-state index is 12.2. The van der Waals surface area contributed by atoms with Crippen molar-refractivity contribution in [3.8, 4) is 0 Å². The third-order valence-electron chi connectivity index (χ3n) is 3.49. The van der Waals surface area contributed by atoms with Gasteiger partial charge in [-0.05, 0) is 31.4 Å². The van der Waals surface area contributed by atoms with E-state index in [4.69, 9.17) is 9.84 Å². The zero-order chi connectivity index (χ0) is 16.5. The molecule has 5 nitrogen and oxygen atoms in total. The van der Waals surface area contributed by atoms with Crippen molar-refractivity contribution >= 4 is 11.9 Å². The number of rotatable bonds is 9. The number of ether oxygens (including phenoxy) is 1. The van der Waals surface area contributed by atoms with E-state index in [1.807, 2.05) is 31.2 Å². The molecule has 22 heavy (non-hydrogen) atoms. The number of aliphatic carboxylic acids is 1. The van der Waals surface area contributed by atoms with Gasteiger partial charge in [-0.1, -0.05) is 37.6 Å². The number of aryl methyl sites for hydroxylation is 1. The second-order valence-electron chi connectivity index (χ2n) is 5.38. The lowest BCUT2D eigenvalue weighted by atomic mass is 9.98. The molecular weight excluding hydrogens is 282 g/mol. The molecule has 122 valence electrons. The number of carboxylic acid groups (broad SMARTS) is 1. The Kier molecular flexibility index (Phi) is 7.60. The van der Waals surface area contributed by atoms with Crippen LogP contribution in [0, 0.1) is 6.92 Å². The van der Waals surface area contributed by atoms with Crippen LogP contribution in [0.25, 0.3) is 0 Å². The van der Waals surface area contributed by atoms with Gasteiger partial charge in [0.1, 0.15) is 6.10 Å². The zero-order valence-corrected chi connectivity index (χ0v) is 13.5. The monoisotopic (exact) mass is 307 g/mol. The summed E-state index contributed by atoms with van der Waals surface area (Å²) in [6.45, 7) is 6.16. The molecule has 2 unspecified atom stereocenters. The van der Waals surface area contributed by atoms with Gasteiger partial charge in [0.2, 0.25) is 5.91 Å². The highest BCUT2D eigenvalue weighted by molar-refractivity contribution is 5.81. The Balaban J connectivity index is 2.75. The molecule has 0 saturated heterocycles. The second-order valence-corrected chi connectivity index (χ2v) is 5.38. The molecule has 1 amide bonds. The minimum Gasteiger partial charge on any atom is -0.481 e. The lowest BCUT2D eigenvalue weighted by molar-refractivity contribution is -0.138. The number of carbonyl (C=O) groups excluding carboxylic acids is 1. The SMILES string of the molecule is CCCCOC(C)C(=O)NC(CC(=O)O)c1ccccc1C. The summed E-state index contributed by atoms with van der Waals surface area (Å²) < 4.78 is 5.46. The van der Waals surface area contributed by atoms with E-state index in [9.17, 15) is 9.59 Å². The number of carboxylic acids is 1. The predicted octanol–water partition coefficient (Wildman–Crippen LogP) is 2.83. The molecule has 0 spiro atoms. The molecule has 1 rings (SSSR count). The third-order valence-corrected chi connectivity index (χ3v) is 3.49. The number of unbranched alkanes of at least 4 members (excludes halogenated alkanes) is 1. The molecule has 0 aromatic heterocycles. The fraction of sp³-hybridized carbons (Fsp3) is 0.529. The van der Waals surface area contributed by atoms with E-state index in [2.05, 4.69) is 12.2 Å². The minimum atomic E-state index is -0.951. The molecule has 0 bridgehead atoms. The molecule has 0 fully saturated rings. The Morgan fingerprint density at radius 1 is 1.32 bits per heavy atom. The van der Waals surface area contributed by atoms with Crippen molar-refractivity contribution < 1.29 is 19.4 Å². The Hall–Kier alpha value is -1.88. The standard InChI is InChI=1S/C17H25NO4/c1-4-5-10-22-13(3)17(21)18-15(11-16(19)20)14-9-7-6-8-12(14)2/h6-9,13,15H,4-5,10-11H2,1-3H3,(H,18,21)(H,19,20). The number of benzene rings is 1. The highest BCUT2D eigenvalue weighted by atomic mass is 16.5. The van der Waals surface area contributed by atoms with E-state index in [1.165, 1.54) is 0 Å². The van der Waals surface area contributed by atoms with Crippen LogP contribution in [0.4, 0.5) is 0 Å². The quantitative estimate of drug-likeness (QED) is 0.688. The molecular formula is C17H25NO4. The Morgan fingerprint density at radius 3 is 2.59 bits per heavy atom. The van der Waals surface area contributed by atoms with Gasteiger partial charge in [0.05, 0.1) is 12.5 Å². The van der Waals surface area contributed by atoms with Gasteiger partial charge >= 0.3 is 5.97 Å². The summed E-state index contributed by atoms with van der Waals surface area (Å²) in [4.78, 5) is 23.3. The first-order chi connectivity index (χ1) is 10.5. The molecule has 1 aromatic rings. The van der Waals surface area contributed by atoms with Crippen LogP contribution in [0.15, 0.2) is 24.3 Å². The fourth-order valence-electron chi connectivity index (χ4n) is 2.16. The Bertz CT molecular complexity index is 501. The first-order valence-electron chi connectivity index (χ1n) is 7.65. The van der Waals surface area contributed by atoms with E-state index >= 15 is 0 Å². The van der Waals surface area contributed by atoms with Crippen molar-refractivity contribution in [3.05, 3.63) is 35.4 Å². The van der Waals surface area contributed by atoms with Crippen molar-refractivity contribution in [2.45, 2.75) is 52.2 Å². The van der Waals surface area contributed by atoms with E-state index in [0.29, 0.717) is 6.61 Å². The van der Waals surface area contributed by atoms with Gasteiger partial charge in [-0.2, -0.15) is 0 Å². The van der Waals surface area contributed by atoms with Gasteiger partial charge in [0.25, 0.3) is 0 Å². The smallest absolute Gasteiger partial charge is 0.305 e. The van der Waals surface area contributed by atoms with E-state index in [0.717, 1.165) is 24.0 Å². The molecule has 0 aliphatic carbocycles. The lowest BCUT2D eigenvalue weighted by Crippen LogP contribution is -2.38. The van der Waals surface area contributed by atoms with Crippen molar-refractivity contribution in [1.29, 1.82) is 0 Å². The first kappa shape index (κ1) is 18.2. The summed E-state index contributed by atoms with van der Waals surface area (Å²) in [6.07, 6.45) is 1.15. The molecule has 2 N–H and O–H groups in total. The number of amides is 1. The molecule has 0 saturated carbocycles. The topological polar surface area (TPSA) is 75.6 Å². The van der Waals surface area contributed by atoms with Crippen LogP contribution in [-0.4, -0.2) is 29.7 Å². The molecule has 0 aliphatic rings. The van der Waals surface area contributed by atoms with Gasteiger partial charge in [-0.15, -0.1) is 0 Å². The van der Waals surface area contributed by atoms with E-state index < -0.39 is 18.1 Å². The summed E-state index contributed by atoms with van der Waals surface area (Å²) in [7, 11) is 0. The van der Waals surface area contributed by atoms with Gasteiger partial charge in [-0.3, -0.25) is 9.59 Å². The van der Waals surface area contributed by atoms with Crippen LogP contribution in [-0.2, 0) is 14.3 Å². The Labute approximate surface area is 131 Å². The highest BCUT2D eigenvalue weighted by Crippen LogP contribution is 2.21. The minimum absolute atomic E-state index is 0.154. The van der Waals surface area contributed by atoms with Gasteiger partial charge < -0.3 is 15.2 Å². The highest BCUT2D eigenvalue weighted by Gasteiger charge is 2.22. The summed E-state index contributed by atoms with van der Waals surface area (Å²) in [5, 5.41) is 11.9. The molecule has 0 aliphatic heterocycles. The Morgan fingerprint density at radius 2 is 2.00 bits per heavy atom. The van der Waals surface area contributed by atoms with Crippen LogP contribution in [0.2, 0.25) is 0 Å². The van der Waals surface area contributed by atoms with E-state index in [-0.39, 0.29) is 12.3 Å². The second kappa shape index (κ2) is 9.20. The number of nitrogens with one attached hydrogen (secondary N) is 1. The third kappa shape index (κ3) is 5.85. The van der Waals surface area contributed by atoms with Gasteiger partial charge in [-0.25, -0.2) is 0 Å². The van der Waals surface area contributed by atoms with Crippen molar-refractivity contribution in [2.75, 3.05) is 6.61 Å². The molecule has 0 heterocycles. The van der Waals surface area contributed by atoms with Crippen LogP contribution >= 0.6 is 0 Å². The maximum absolute atomic E-state index is 12.2. The average Bonchev–Trinajstić information content (AvgIpc) is 2.46. The first-order valence-corrected chi connectivity index (χ1v) is 7.65. The number of hydrogen-bond acceptors (Lipinski definition) is 3. The largest absolute Gasteiger partial charge is 0.481 e. The zero-order valence-electron chi connectivity index (χ0n) is 13.5. The average molecular weight is 307 g/mol. The molecule has 5 heteroatoms. The lowest BCUT2D eigenvalue weighted by Gasteiger charge is -2.22. The van der Waals surface area contributed by atoms with Gasteiger partial charge in [0, 0.05) is 6.61 Å². The van der Waals surface area contributed by atoms with Crippen LogP contribution in [0.1, 0.15) is 50.3 Å². The van der Waals surface area contributed by atoms with Crippen LogP contribution < -0.4 is 5.32 Å². The summed E-state index contributed by atoms with van der Waals surface area (Å²) >= 11 is 0. The summed E-state index contributed by atoms with van der Waals surface area (Å²) in [5.74, 6) is -1.24. The van der Waals surface area contributed by atoms with Crippen LogP contribution in [0.5, 0.6) is 0 Å². The van der Waals surface area contributed by atoms with Crippen molar-refractivity contribution in [2.24, 2.45) is 0 Å². The number of hydrogen-bond donors (Lipinski definition) is 2. The van der Waals surface area contributed by atoms with E-state index in [1.54, 1.807) is 6.92 Å². The summed E-state index contributed by atoms with van der Waals surface area (Å²) in [5.41, 5.74) is 1.77. The predicted molar refractivity (Wildman–Crippen MR) is 84.6 cm³/mol. The van der Waals surface area contributed by atoms with Gasteiger partial charge in [0.15, 0.2) is 0 Å². The van der Waals surface area contributed by atoms with Crippen molar-refractivity contribution in [3.63, 3.8) is 0 Å². The normalized spacial score (nSPS) is 13.4. The molecule has 1 aromatic carbocycles. The molecule has 2 atom stereocenters. The van der Waals surface area contributed by atoms with Crippen molar-refractivity contribution in [1.82, 2.24) is 5.32 Å². The number of carbonyl (C=O) groups is 2. The molecule has 0 radical (unpaired) electrons. The maximum Gasteiger partial charge on any atom is 0.305 e. The fourth-order valence-corrected chi connectivity index (χ4v) is 2.16. The summed E-state index contributed by atoms with van der Waals surface area (Å²) in [6, 6.07) is 6.91.